The Hall–Kier alpha value is -2.50. The lowest BCUT2D eigenvalue weighted by molar-refractivity contribution is 0.0766. The second kappa shape index (κ2) is 6.43. The number of anilines is 1. The molecule has 0 spiro atoms. The summed E-state index contributed by atoms with van der Waals surface area (Å²) >= 11 is 0. The number of carbonyl (C=O) groups excluding carboxylic acids is 1. The first-order valence-electron chi connectivity index (χ1n) is 8.75. The number of hydrogen-bond donors (Lipinski definition) is 0. The molecule has 3 heterocycles. The van der Waals surface area contributed by atoms with Crippen LogP contribution < -0.4 is 4.90 Å². The van der Waals surface area contributed by atoms with Gasteiger partial charge in [-0.05, 0) is 36.5 Å². The van der Waals surface area contributed by atoms with Gasteiger partial charge in [0.15, 0.2) is 0 Å². The fraction of sp³-hybridized carbons (Fsp3) is 0.421. The molecular formula is C19H21FN4O. The van der Waals surface area contributed by atoms with E-state index in [1.807, 2.05) is 6.07 Å². The first-order valence-corrected chi connectivity index (χ1v) is 8.75. The number of carbonyl (C=O) groups is 1. The van der Waals surface area contributed by atoms with Gasteiger partial charge >= 0.3 is 0 Å². The smallest absolute Gasteiger partial charge is 0.258 e. The standard InChI is InChI=1S/C19H21FN4O/c1-13-5-7-23(8-6-13)19-21-10-16-17(22-19)12-24(18(16)25)11-14-3-2-4-15(20)9-14/h2-4,9-10,13H,5-8,11-12H2,1H3. The van der Waals surface area contributed by atoms with Crippen LogP contribution in [0.5, 0.6) is 0 Å². The van der Waals surface area contributed by atoms with Crippen molar-refractivity contribution in [1.82, 2.24) is 14.9 Å². The van der Waals surface area contributed by atoms with Crippen LogP contribution in [0.4, 0.5) is 10.3 Å². The quantitative estimate of drug-likeness (QED) is 0.862. The van der Waals surface area contributed by atoms with Gasteiger partial charge in [-0.1, -0.05) is 19.1 Å². The molecule has 2 aromatic rings. The second-order valence-electron chi connectivity index (χ2n) is 6.99. The lowest BCUT2D eigenvalue weighted by Gasteiger charge is -2.30. The zero-order valence-electron chi connectivity index (χ0n) is 14.3. The molecule has 0 bridgehead atoms. The van der Waals surface area contributed by atoms with Crippen LogP contribution in [-0.2, 0) is 13.1 Å². The Balaban J connectivity index is 1.51. The van der Waals surface area contributed by atoms with Crippen molar-refractivity contribution in [2.75, 3.05) is 18.0 Å². The number of benzene rings is 1. The van der Waals surface area contributed by atoms with Crippen molar-refractivity contribution in [1.29, 1.82) is 0 Å². The summed E-state index contributed by atoms with van der Waals surface area (Å²) in [5, 5.41) is 0. The molecule has 0 aliphatic carbocycles. The van der Waals surface area contributed by atoms with Gasteiger partial charge in [0.1, 0.15) is 5.82 Å². The van der Waals surface area contributed by atoms with Crippen LogP contribution >= 0.6 is 0 Å². The Morgan fingerprint density at radius 1 is 1.28 bits per heavy atom. The van der Waals surface area contributed by atoms with E-state index in [9.17, 15) is 9.18 Å². The summed E-state index contributed by atoms with van der Waals surface area (Å²) in [5.41, 5.74) is 2.11. The molecule has 130 valence electrons. The number of aromatic nitrogens is 2. The number of rotatable bonds is 3. The maximum Gasteiger partial charge on any atom is 0.258 e. The lowest BCUT2D eigenvalue weighted by Crippen LogP contribution is -2.34. The number of nitrogens with zero attached hydrogens (tertiary/aromatic N) is 4. The van der Waals surface area contributed by atoms with E-state index in [1.54, 1.807) is 17.2 Å². The van der Waals surface area contributed by atoms with Crippen LogP contribution in [0.15, 0.2) is 30.5 Å². The molecule has 1 amide bonds. The molecule has 6 heteroatoms. The molecule has 1 aromatic heterocycles. The topological polar surface area (TPSA) is 49.3 Å². The summed E-state index contributed by atoms with van der Waals surface area (Å²) in [6.45, 7) is 5.01. The number of piperidine rings is 1. The van der Waals surface area contributed by atoms with Gasteiger partial charge in [0.25, 0.3) is 5.91 Å². The van der Waals surface area contributed by atoms with Crippen molar-refractivity contribution in [3.63, 3.8) is 0 Å². The highest BCUT2D eigenvalue weighted by atomic mass is 19.1. The second-order valence-corrected chi connectivity index (χ2v) is 6.99. The molecule has 0 saturated carbocycles. The molecule has 2 aliphatic rings. The summed E-state index contributed by atoms with van der Waals surface area (Å²) in [7, 11) is 0. The van der Waals surface area contributed by atoms with Crippen LogP contribution in [0.2, 0.25) is 0 Å². The van der Waals surface area contributed by atoms with E-state index < -0.39 is 0 Å². The number of amides is 1. The first-order chi connectivity index (χ1) is 12.1. The Labute approximate surface area is 146 Å². The minimum atomic E-state index is -0.289. The third-order valence-corrected chi connectivity index (χ3v) is 5.04. The molecule has 5 nitrogen and oxygen atoms in total. The highest BCUT2D eigenvalue weighted by Gasteiger charge is 2.30. The van der Waals surface area contributed by atoms with Crippen LogP contribution in [0.3, 0.4) is 0 Å². The lowest BCUT2D eigenvalue weighted by atomic mass is 10.00. The van der Waals surface area contributed by atoms with Gasteiger partial charge in [-0.25, -0.2) is 14.4 Å². The Bertz CT molecular complexity index is 802. The molecule has 0 N–H and O–H groups in total. The Morgan fingerprint density at radius 3 is 2.84 bits per heavy atom. The number of hydrogen-bond acceptors (Lipinski definition) is 4. The maximum absolute atomic E-state index is 13.4. The van der Waals surface area contributed by atoms with Crippen LogP contribution in [-0.4, -0.2) is 33.9 Å². The van der Waals surface area contributed by atoms with E-state index in [4.69, 9.17) is 0 Å². The van der Waals surface area contributed by atoms with Crippen molar-refractivity contribution in [2.45, 2.75) is 32.9 Å². The van der Waals surface area contributed by atoms with Gasteiger partial charge in [0, 0.05) is 25.8 Å². The van der Waals surface area contributed by atoms with E-state index in [1.165, 1.54) is 12.1 Å². The zero-order chi connectivity index (χ0) is 17.4. The van der Waals surface area contributed by atoms with E-state index in [2.05, 4.69) is 21.8 Å². The van der Waals surface area contributed by atoms with Crippen molar-refractivity contribution >= 4 is 11.9 Å². The van der Waals surface area contributed by atoms with Gasteiger partial charge < -0.3 is 9.80 Å². The van der Waals surface area contributed by atoms with E-state index in [-0.39, 0.29) is 11.7 Å². The molecule has 0 atom stereocenters. The molecule has 0 radical (unpaired) electrons. The van der Waals surface area contributed by atoms with Gasteiger partial charge in [-0.15, -0.1) is 0 Å². The summed E-state index contributed by atoms with van der Waals surface area (Å²) in [5.74, 6) is 1.08. The van der Waals surface area contributed by atoms with Crippen LogP contribution in [0, 0.1) is 11.7 Å². The molecular weight excluding hydrogens is 319 g/mol. The predicted octanol–water partition coefficient (Wildman–Crippen LogP) is 3.01. The Kier molecular flexibility index (Phi) is 4.11. The average Bonchev–Trinajstić information content (AvgIpc) is 2.91. The monoisotopic (exact) mass is 340 g/mol. The zero-order valence-corrected chi connectivity index (χ0v) is 14.3. The highest BCUT2D eigenvalue weighted by Crippen LogP contribution is 2.26. The van der Waals surface area contributed by atoms with E-state index in [0.717, 1.165) is 43.1 Å². The molecule has 4 rings (SSSR count). The molecule has 2 aliphatic heterocycles. The normalized spacial score (nSPS) is 17.9. The van der Waals surface area contributed by atoms with Gasteiger partial charge in [0.2, 0.25) is 5.95 Å². The molecule has 1 fully saturated rings. The third kappa shape index (κ3) is 3.21. The van der Waals surface area contributed by atoms with Gasteiger partial charge in [-0.3, -0.25) is 4.79 Å². The highest BCUT2D eigenvalue weighted by molar-refractivity contribution is 5.97. The fourth-order valence-corrected chi connectivity index (χ4v) is 3.47. The minimum Gasteiger partial charge on any atom is -0.341 e. The van der Waals surface area contributed by atoms with Crippen molar-refractivity contribution in [3.8, 4) is 0 Å². The number of fused-ring (bicyclic) bond motifs is 1. The summed E-state index contributed by atoms with van der Waals surface area (Å²) in [6.07, 6.45) is 3.93. The fourth-order valence-electron chi connectivity index (χ4n) is 3.47. The van der Waals surface area contributed by atoms with E-state index in [0.29, 0.717) is 24.6 Å². The predicted molar refractivity (Wildman–Crippen MR) is 92.6 cm³/mol. The average molecular weight is 340 g/mol. The Morgan fingerprint density at radius 2 is 2.08 bits per heavy atom. The van der Waals surface area contributed by atoms with Crippen LogP contribution in [0.25, 0.3) is 0 Å². The first kappa shape index (κ1) is 16.0. The maximum atomic E-state index is 13.4. The molecule has 0 unspecified atom stereocenters. The summed E-state index contributed by atoms with van der Waals surface area (Å²) in [4.78, 5) is 25.5. The molecule has 1 saturated heterocycles. The molecule has 25 heavy (non-hydrogen) atoms. The largest absolute Gasteiger partial charge is 0.341 e. The summed E-state index contributed by atoms with van der Waals surface area (Å²) < 4.78 is 13.4. The van der Waals surface area contributed by atoms with E-state index >= 15 is 0 Å². The van der Waals surface area contributed by atoms with Gasteiger partial charge in [0.05, 0.1) is 17.8 Å². The van der Waals surface area contributed by atoms with Crippen molar-refractivity contribution in [3.05, 3.63) is 53.1 Å². The third-order valence-electron chi connectivity index (χ3n) is 5.04. The molecule has 1 aromatic carbocycles. The van der Waals surface area contributed by atoms with Crippen molar-refractivity contribution in [2.24, 2.45) is 5.92 Å². The SMILES string of the molecule is CC1CCN(c2ncc3c(n2)CN(Cc2cccc(F)c2)C3=O)CC1. The number of halogens is 1. The van der Waals surface area contributed by atoms with Crippen LogP contribution in [0.1, 0.15) is 41.4 Å². The minimum absolute atomic E-state index is 0.0851. The van der Waals surface area contributed by atoms with Gasteiger partial charge in [-0.2, -0.15) is 0 Å². The summed E-state index contributed by atoms with van der Waals surface area (Å²) in [6, 6.07) is 6.35. The van der Waals surface area contributed by atoms with Crippen molar-refractivity contribution < 1.29 is 9.18 Å².